The van der Waals surface area contributed by atoms with Crippen LogP contribution in [-0.4, -0.2) is 25.2 Å². The number of halogens is 1. The van der Waals surface area contributed by atoms with Gasteiger partial charge in [0.15, 0.2) is 5.82 Å². The van der Waals surface area contributed by atoms with Gasteiger partial charge in [-0.1, -0.05) is 18.6 Å². The summed E-state index contributed by atoms with van der Waals surface area (Å²) in [5, 5.41) is 16.0. The summed E-state index contributed by atoms with van der Waals surface area (Å²) in [6.07, 6.45) is 1.79. The van der Waals surface area contributed by atoms with Gasteiger partial charge in [0.25, 0.3) is 5.89 Å². The van der Waals surface area contributed by atoms with Crippen LogP contribution in [0.25, 0.3) is 10.8 Å². The van der Waals surface area contributed by atoms with Crippen LogP contribution < -0.4 is 5.73 Å². The summed E-state index contributed by atoms with van der Waals surface area (Å²) in [5.74, 6) is 1.45. The largest absolute Gasteiger partial charge is 0.418 e. The Labute approximate surface area is 133 Å². The first-order valence-electron chi connectivity index (χ1n) is 6.43. The van der Waals surface area contributed by atoms with Crippen LogP contribution in [0.3, 0.4) is 0 Å². The molecular formula is C12H13BrN6OS. The predicted octanol–water partition coefficient (Wildman–Crippen LogP) is 2.74. The highest BCUT2D eigenvalue weighted by Crippen LogP contribution is 2.30. The van der Waals surface area contributed by atoms with Gasteiger partial charge in [-0.3, -0.25) is 0 Å². The Balaban J connectivity index is 1.81. The number of anilines is 1. The fraction of sp³-hybridized carbons (Fsp3) is 0.333. The van der Waals surface area contributed by atoms with Gasteiger partial charge in [-0.2, -0.15) is 0 Å². The van der Waals surface area contributed by atoms with E-state index >= 15 is 0 Å². The zero-order chi connectivity index (χ0) is 14.8. The minimum Gasteiger partial charge on any atom is -0.418 e. The first-order chi connectivity index (χ1) is 10.2. The van der Waals surface area contributed by atoms with Crippen molar-refractivity contribution >= 4 is 33.1 Å². The number of hydrogen-bond acceptors (Lipinski definition) is 7. The van der Waals surface area contributed by atoms with Gasteiger partial charge in [0.1, 0.15) is 6.54 Å². The molecule has 0 radical (unpaired) electrons. The first kappa shape index (κ1) is 14.2. The molecule has 3 rings (SSSR count). The van der Waals surface area contributed by atoms with Crippen molar-refractivity contribution in [2.75, 3.05) is 5.73 Å². The van der Waals surface area contributed by atoms with Crippen molar-refractivity contribution in [3.05, 3.63) is 27.5 Å². The van der Waals surface area contributed by atoms with Gasteiger partial charge in [0, 0.05) is 0 Å². The molecule has 9 heteroatoms. The summed E-state index contributed by atoms with van der Waals surface area (Å²) in [6.45, 7) is 2.45. The highest BCUT2D eigenvalue weighted by molar-refractivity contribution is 9.11. The molecule has 0 aliphatic heterocycles. The third-order valence-electron chi connectivity index (χ3n) is 2.89. The Bertz CT molecular complexity index is 749. The van der Waals surface area contributed by atoms with Crippen molar-refractivity contribution in [2.24, 2.45) is 0 Å². The molecule has 3 heterocycles. The second-order valence-corrected chi connectivity index (χ2v) is 6.90. The van der Waals surface area contributed by atoms with Gasteiger partial charge in [-0.15, -0.1) is 26.6 Å². The molecular weight excluding hydrogens is 356 g/mol. The zero-order valence-electron chi connectivity index (χ0n) is 11.3. The fourth-order valence-corrected chi connectivity index (χ4v) is 3.25. The zero-order valence-corrected chi connectivity index (χ0v) is 13.7. The standard InChI is InChI=1S/C12H13BrN6OS/c1-2-3-7-11(14)16-18-19(7)6-10-15-17-12(20-10)8-4-5-9(13)21-8/h4-5H,2-3,6,14H2,1H3. The van der Waals surface area contributed by atoms with Crippen molar-refractivity contribution in [3.63, 3.8) is 0 Å². The number of hydrogen-bond donors (Lipinski definition) is 1. The summed E-state index contributed by atoms with van der Waals surface area (Å²) in [5.41, 5.74) is 6.71. The molecule has 0 saturated carbocycles. The van der Waals surface area contributed by atoms with Crippen molar-refractivity contribution < 1.29 is 4.42 Å². The summed E-state index contributed by atoms with van der Waals surface area (Å²) in [6, 6.07) is 3.88. The normalized spacial score (nSPS) is 11.1. The monoisotopic (exact) mass is 368 g/mol. The molecule has 0 aliphatic rings. The summed E-state index contributed by atoms with van der Waals surface area (Å²) >= 11 is 4.95. The maximum Gasteiger partial charge on any atom is 0.257 e. The van der Waals surface area contributed by atoms with Crippen LogP contribution in [0, 0.1) is 0 Å². The summed E-state index contributed by atoms with van der Waals surface area (Å²) in [4.78, 5) is 0.924. The Hall–Kier alpha value is -1.74. The molecule has 7 nitrogen and oxygen atoms in total. The molecule has 0 fully saturated rings. The van der Waals surface area contributed by atoms with Gasteiger partial charge in [-0.05, 0) is 34.5 Å². The molecule has 3 aromatic heterocycles. The smallest absolute Gasteiger partial charge is 0.257 e. The summed E-state index contributed by atoms with van der Waals surface area (Å²) in [7, 11) is 0. The lowest BCUT2D eigenvalue weighted by Crippen LogP contribution is -2.07. The molecule has 0 unspecified atom stereocenters. The highest BCUT2D eigenvalue weighted by Gasteiger charge is 2.15. The number of thiophene rings is 1. The molecule has 21 heavy (non-hydrogen) atoms. The minimum atomic E-state index is 0.374. The highest BCUT2D eigenvalue weighted by atomic mass is 79.9. The fourth-order valence-electron chi connectivity index (χ4n) is 1.94. The van der Waals surface area contributed by atoms with Crippen LogP contribution in [-0.2, 0) is 13.0 Å². The number of rotatable bonds is 5. The van der Waals surface area contributed by atoms with Gasteiger partial charge < -0.3 is 10.2 Å². The number of aromatic nitrogens is 5. The van der Waals surface area contributed by atoms with Crippen LogP contribution in [0.15, 0.2) is 20.3 Å². The second-order valence-electron chi connectivity index (χ2n) is 4.43. The Kier molecular flexibility index (Phi) is 4.02. The SMILES string of the molecule is CCCc1c(N)nnn1Cc1nnc(-c2ccc(Br)s2)o1. The van der Waals surface area contributed by atoms with Crippen LogP contribution in [0.5, 0.6) is 0 Å². The number of nitrogens with two attached hydrogens (primary N) is 1. The van der Waals surface area contributed by atoms with Crippen LogP contribution in [0.1, 0.15) is 24.9 Å². The molecule has 0 bridgehead atoms. The third-order valence-corrected chi connectivity index (χ3v) is 4.50. The van der Waals surface area contributed by atoms with E-state index in [0.29, 0.717) is 24.1 Å². The average Bonchev–Trinajstić information content (AvgIpc) is 3.15. The van der Waals surface area contributed by atoms with Crippen LogP contribution in [0.2, 0.25) is 0 Å². The maximum absolute atomic E-state index is 5.82. The molecule has 110 valence electrons. The van der Waals surface area contributed by atoms with E-state index in [9.17, 15) is 0 Å². The lowest BCUT2D eigenvalue weighted by molar-refractivity contribution is 0.463. The number of nitrogen functional groups attached to an aromatic ring is 1. The predicted molar refractivity (Wildman–Crippen MR) is 82.8 cm³/mol. The van der Waals surface area contributed by atoms with Gasteiger partial charge in [0.05, 0.1) is 14.4 Å². The van der Waals surface area contributed by atoms with E-state index in [2.05, 4.69) is 43.4 Å². The van der Waals surface area contributed by atoms with Crippen molar-refractivity contribution in [1.29, 1.82) is 0 Å². The second kappa shape index (κ2) is 5.94. The Morgan fingerprint density at radius 2 is 2.19 bits per heavy atom. The first-order valence-corrected chi connectivity index (χ1v) is 8.04. The van der Waals surface area contributed by atoms with E-state index in [1.165, 1.54) is 0 Å². The Morgan fingerprint density at radius 1 is 1.33 bits per heavy atom. The van der Waals surface area contributed by atoms with Gasteiger partial charge in [0.2, 0.25) is 5.89 Å². The van der Waals surface area contributed by atoms with E-state index in [0.717, 1.165) is 27.2 Å². The molecule has 0 aromatic carbocycles. The number of nitrogens with zero attached hydrogens (tertiary/aromatic N) is 5. The van der Waals surface area contributed by atoms with E-state index in [1.54, 1.807) is 16.0 Å². The van der Waals surface area contributed by atoms with Gasteiger partial charge in [-0.25, -0.2) is 4.68 Å². The lowest BCUT2D eigenvalue weighted by atomic mass is 10.2. The van der Waals surface area contributed by atoms with Crippen molar-refractivity contribution in [3.8, 4) is 10.8 Å². The van der Waals surface area contributed by atoms with Crippen molar-refractivity contribution in [2.45, 2.75) is 26.3 Å². The Morgan fingerprint density at radius 3 is 2.90 bits per heavy atom. The lowest BCUT2D eigenvalue weighted by Gasteiger charge is -2.02. The van der Waals surface area contributed by atoms with Gasteiger partial charge >= 0.3 is 0 Å². The molecule has 3 aromatic rings. The van der Waals surface area contributed by atoms with Crippen LogP contribution in [0.4, 0.5) is 5.82 Å². The molecule has 0 spiro atoms. The topological polar surface area (TPSA) is 95.7 Å². The maximum atomic E-state index is 5.82. The third kappa shape index (κ3) is 2.98. The van der Waals surface area contributed by atoms with Crippen LogP contribution >= 0.6 is 27.3 Å². The van der Waals surface area contributed by atoms with Crippen molar-refractivity contribution in [1.82, 2.24) is 25.2 Å². The quantitative estimate of drug-likeness (QED) is 0.743. The van der Waals surface area contributed by atoms with E-state index in [-0.39, 0.29) is 0 Å². The molecule has 0 amide bonds. The molecule has 0 aliphatic carbocycles. The van der Waals surface area contributed by atoms with E-state index in [1.807, 2.05) is 12.1 Å². The summed E-state index contributed by atoms with van der Waals surface area (Å²) < 4.78 is 8.40. The minimum absolute atomic E-state index is 0.374. The van der Waals surface area contributed by atoms with E-state index < -0.39 is 0 Å². The molecule has 0 saturated heterocycles. The molecule has 2 N–H and O–H groups in total. The average molecular weight is 369 g/mol. The van der Waals surface area contributed by atoms with E-state index in [4.69, 9.17) is 10.2 Å². The molecule has 0 atom stereocenters.